The molecule has 0 radical (unpaired) electrons. The van der Waals surface area contributed by atoms with Crippen molar-refractivity contribution in [2.24, 2.45) is 11.7 Å². The molecule has 1 aliphatic rings. The fourth-order valence-corrected chi connectivity index (χ4v) is 3.42. The number of hydrogen-bond donors (Lipinski definition) is 1. The van der Waals surface area contributed by atoms with Crippen LogP contribution in [0.5, 0.6) is 0 Å². The highest BCUT2D eigenvalue weighted by molar-refractivity contribution is 5.27. The van der Waals surface area contributed by atoms with Crippen molar-refractivity contribution >= 4 is 0 Å². The average molecular weight is 274 g/mol. The van der Waals surface area contributed by atoms with E-state index in [1.54, 1.807) is 0 Å². The molecule has 1 aliphatic heterocycles. The minimum atomic E-state index is 0.661. The van der Waals surface area contributed by atoms with Gasteiger partial charge in [-0.15, -0.1) is 0 Å². The summed E-state index contributed by atoms with van der Waals surface area (Å²) in [6.45, 7) is 6.73. The van der Waals surface area contributed by atoms with E-state index in [4.69, 9.17) is 5.73 Å². The summed E-state index contributed by atoms with van der Waals surface area (Å²) in [6, 6.07) is 8.62. The third-order valence-corrected chi connectivity index (χ3v) is 4.67. The Morgan fingerprint density at radius 1 is 1.15 bits per heavy atom. The Morgan fingerprint density at radius 3 is 2.70 bits per heavy atom. The van der Waals surface area contributed by atoms with Gasteiger partial charge in [0, 0.05) is 13.1 Å². The summed E-state index contributed by atoms with van der Waals surface area (Å²) >= 11 is 0. The van der Waals surface area contributed by atoms with Crippen molar-refractivity contribution in [1.82, 2.24) is 4.90 Å². The smallest absolute Gasteiger partial charge is 0.0180 e. The van der Waals surface area contributed by atoms with Crippen molar-refractivity contribution in [1.29, 1.82) is 0 Å². The molecule has 0 aromatic heterocycles. The molecule has 1 aromatic rings. The van der Waals surface area contributed by atoms with Crippen molar-refractivity contribution in [3.63, 3.8) is 0 Å². The first-order valence-electron chi connectivity index (χ1n) is 8.32. The molecule has 2 rings (SSSR count). The maximum absolute atomic E-state index is 5.82. The van der Waals surface area contributed by atoms with E-state index in [1.807, 2.05) is 0 Å². The van der Waals surface area contributed by atoms with E-state index in [1.165, 1.54) is 62.9 Å². The van der Waals surface area contributed by atoms with Crippen LogP contribution in [0.15, 0.2) is 24.3 Å². The summed E-state index contributed by atoms with van der Waals surface area (Å²) in [6.07, 6.45) is 8.11. The lowest BCUT2D eigenvalue weighted by atomic mass is 9.96. The Morgan fingerprint density at radius 2 is 1.95 bits per heavy atom. The standard InChI is InChI=1S/C18H30N2/c1-2-6-16-7-5-12-20(13-10-16)14-11-17-8-3-4-9-18(17)15-19/h3-4,8-9,16H,2,5-7,10-15,19H2,1H3. The van der Waals surface area contributed by atoms with Crippen LogP contribution in [-0.2, 0) is 13.0 Å². The second-order valence-corrected chi connectivity index (χ2v) is 6.15. The lowest BCUT2D eigenvalue weighted by Gasteiger charge is -2.20. The van der Waals surface area contributed by atoms with Crippen LogP contribution in [0.25, 0.3) is 0 Å². The Labute approximate surface area is 124 Å². The molecule has 0 spiro atoms. The molecule has 1 heterocycles. The number of benzene rings is 1. The van der Waals surface area contributed by atoms with Crippen LogP contribution in [0, 0.1) is 5.92 Å². The van der Waals surface area contributed by atoms with Crippen molar-refractivity contribution in [3.8, 4) is 0 Å². The molecule has 2 heteroatoms. The number of hydrogen-bond acceptors (Lipinski definition) is 2. The molecule has 1 saturated heterocycles. The predicted octanol–water partition coefficient (Wildman–Crippen LogP) is 3.59. The van der Waals surface area contributed by atoms with Gasteiger partial charge in [0.25, 0.3) is 0 Å². The van der Waals surface area contributed by atoms with Gasteiger partial charge in [0.2, 0.25) is 0 Å². The molecule has 20 heavy (non-hydrogen) atoms. The number of nitrogens with two attached hydrogens (primary N) is 1. The monoisotopic (exact) mass is 274 g/mol. The van der Waals surface area contributed by atoms with Gasteiger partial charge in [-0.2, -0.15) is 0 Å². The van der Waals surface area contributed by atoms with Gasteiger partial charge in [-0.3, -0.25) is 0 Å². The van der Waals surface area contributed by atoms with Crippen LogP contribution < -0.4 is 5.73 Å². The van der Waals surface area contributed by atoms with Gasteiger partial charge < -0.3 is 10.6 Å². The van der Waals surface area contributed by atoms with Gasteiger partial charge >= 0.3 is 0 Å². The second kappa shape index (κ2) is 8.43. The van der Waals surface area contributed by atoms with E-state index in [0.717, 1.165) is 12.3 Å². The maximum atomic E-state index is 5.82. The topological polar surface area (TPSA) is 29.3 Å². The zero-order chi connectivity index (χ0) is 14.2. The minimum Gasteiger partial charge on any atom is -0.326 e. The summed E-state index contributed by atoms with van der Waals surface area (Å²) in [4.78, 5) is 2.66. The normalized spacial score (nSPS) is 20.8. The van der Waals surface area contributed by atoms with E-state index in [9.17, 15) is 0 Å². The van der Waals surface area contributed by atoms with Crippen LogP contribution in [0.4, 0.5) is 0 Å². The first-order chi connectivity index (χ1) is 9.83. The van der Waals surface area contributed by atoms with Crippen LogP contribution in [0.3, 0.4) is 0 Å². The molecular formula is C18H30N2. The molecule has 1 atom stereocenters. The van der Waals surface area contributed by atoms with Gasteiger partial charge in [0.1, 0.15) is 0 Å². The summed E-state index contributed by atoms with van der Waals surface area (Å²) < 4.78 is 0. The fourth-order valence-electron chi connectivity index (χ4n) is 3.42. The van der Waals surface area contributed by atoms with Gasteiger partial charge in [-0.05, 0) is 55.8 Å². The molecule has 0 bridgehead atoms. The first kappa shape index (κ1) is 15.5. The third kappa shape index (κ3) is 4.60. The first-order valence-corrected chi connectivity index (χ1v) is 8.32. The molecule has 2 nitrogen and oxygen atoms in total. The Bertz CT molecular complexity index is 389. The molecule has 112 valence electrons. The summed E-state index contributed by atoms with van der Waals surface area (Å²) in [7, 11) is 0. The molecule has 0 amide bonds. The largest absolute Gasteiger partial charge is 0.326 e. The molecule has 0 aliphatic carbocycles. The Kier molecular flexibility index (Phi) is 6.55. The van der Waals surface area contributed by atoms with E-state index in [-0.39, 0.29) is 0 Å². The molecule has 2 N–H and O–H groups in total. The van der Waals surface area contributed by atoms with E-state index in [2.05, 4.69) is 36.1 Å². The zero-order valence-corrected chi connectivity index (χ0v) is 13.0. The minimum absolute atomic E-state index is 0.661. The van der Waals surface area contributed by atoms with Gasteiger partial charge in [-0.1, -0.05) is 44.0 Å². The number of likely N-dealkylation sites (tertiary alicyclic amines) is 1. The SMILES string of the molecule is CCCC1CCCN(CCc2ccccc2CN)CC1. The van der Waals surface area contributed by atoms with E-state index < -0.39 is 0 Å². The van der Waals surface area contributed by atoms with Gasteiger partial charge in [0.15, 0.2) is 0 Å². The lowest BCUT2D eigenvalue weighted by Crippen LogP contribution is -2.27. The maximum Gasteiger partial charge on any atom is 0.0180 e. The van der Waals surface area contributed by atoms with E-state index in [0.29, 0.717) is 6.54 Å². The molecule has 1 aromatic carbocycles. The summed E-state index contributed by atoms with van der Waals surface area (Å²) in [5.41, 5.74) is 8.57. The highest BCUT2D eigenvalue weighted by Crippen LogP contribution is 2.22. The quantitative estimate of drug-likeness (QED) is 0.859. The van der Waals surface area contributed by atoms with Crippen LogP contribution in [0.2, 0.25) is 0 Å². The Hall–Kier alpha value is -0.860. The van der Waals surface area contributed by atoms with Crippen LogP contribution >= 0.6 is 0 Å². The second-order valence-electron chi connectivity index (χ2n) is 6.15. The summed E-state index contributed by atoms with van der Waals surface area (Å²) in [5.74, 6) is 0.973. The molecule has 1 fully saturated rings. The van der Waals surface area contributed by atoms with Gasteiger partial charge in [-0.25, -0.2) is 0 Å². The van der Waals surface area contributed by atoms with Crippen molar-refractivity contribution in [3.05, 3.63) is 35.4 Å². The van der Waals surface area contributed by atoms with Crippen LogP contribution in [-0.4, -0.2) is 24.5 Å². The average Bonchev–Trinajstić information content (AvgIpc) is 2.71. The van der Waals surface area contributed by atoms with Crippen molar-refractivity contribution in [2.75, 3.05) is 19.6 Å². The summed E-state index contributed by atoms with van der Waals surface area (Å²) in [5, 5.41) is 0. The number of rotatable bonds is 6. The Balaban J connectivity index is 1.82. The zero-order valence-electron chi connectivity index (χ0n) is 13.0. The highest BCUT2D eigenvalue weighted by atomic mass is 15.1. The molecule has 0 saturated carbocycles. The fraction of sp³-hybridized carbons (Fsp3) is 0.667. The third-order valence-electron chi connectivity index (χ3n) is 4.67. The molecule has 1 unspecified atom stereocenters. The van der Waals surface area contributed by atoms with E-state index >= 15 is 0 Å². The number of nitrogens with zero attached hydrogens (tertiary/aromatic N) is 1. The predicted molar refractivity (Wildman–Crippen MR) is 86.7 cm³/mol. The van der Waals surface area contributed by atoms with Crippen LogP contribution in [0.1, 0.15) is 50.2 Å². The van der Waals surface area contributed by atoms with Crippen molar-refractivity contribution in [2.45, 2.75) is 52.0 Å². The van der Waals surface area contributed by atoms with Gasteiger partial charge in [0.05, 0.1) is 0 Å². The lowest BCUT2D eigenvalue weighted by molar-refractivity contribution is 0.282. The molecular weight excluding hydrogens is 244 g/mol. The van der Waals surface area contributed by atoms with Crippen molar-refractivity contribution < 1.29 is 0 Å². The highest BCUT2D eigenvalue weighted by Gasteiger charge is 2.16.